The van der Waals surface area contributed by atoms with Crippen LogP contribution in [0.4, 0.5) is 0 Å². The van der Waals surface area contributed by atoms with Gasteiger partial charge in [-0.15, -0.1) is 0 Å². The summed E-state index contributed by atoms with van der Waals surface area (Å²) in [6, 6.07) is 0. The minimum atomic E-state index is 0.777. The molecule has 0 aliphatic rings. The summed E-state index contributed by atoms with van der Waals surface area (Å²) in [6.45, 7) is 8.81. The largest absolute Gasteiger partial charge is 0.369 e. The molecule has 0 aromatic heterocycles. The lowest BCUT2D eigenvalue weighted by Gasteiger charge is -2.20. The van der Waals surface area contributed by atoms with Crippen LogP contribution in [0.1, 0.15) is 33.6 Å². The van der Waals surface area contributed by atoms with E-state index in [0.29, 0.717) is 0 Å². The average Bonchev–Trinajstić information content (AvgIpc) is 2.01. The molecular weight excluding hydrogens is 154 g/mol. The van der Waals surface area contributed by atoms with Crippen LogP contribution in [-0.2, 0) is 0 Å². The molecule has 1 nitrogen and oxygen atoms in total. The van der Waals surface area contributed by atoms with Gasteiger partial charge in [0.05, 0.1) is 5.49 Å². The molecule has 2 heteroatoms. The first-order valence-corrected chi connectivity index (χ1v) is 4.91. The van der Waals surface area contributed by atoms with Gasteiger partial charge >= 0.3 is 0 Å². The molecule has 11 heavy (non-hydrogen) atoms. The van der Waals surface area contributed by atoms with Gasteiger partial charge < -0.3 is 4.90 Å². The van der Waals surface area contributed by atoms with E-state index in [2.05, 4.69) is 25.7 Å². The molecule has 0 saturated heterocycles. The summed E-state index contributed by atoms with van der Waals surface area (Å²) >= 11 is 4.88. The lowest BCUT2D eigenvalue weighted by atomic mass is 10.1. The van der Waals surface area contributed by atoms with E-state index in [4.69, 9.17) is 12.2 Å². The fourth-order valence-electron chi connectivity index (χ4n) is 1.23. The summed E-state index contributed by atoms with van der Waals surface area (Å²) in [4.78, 5) is 2.19. The molecule has 0 rings (SSSR count). The minimum Gasteiger partial charge on any atom is -0.369 e. The Morgan fingerprint density at radius 3 is 2.45 bits per heavy atom. The van der Waals surface area contributed by atoms with E-state index in [-0.39, 0.29) is 0 Å². The smallest absolute Gasteiger partial charge is 0.0640 e. The van der Waals surface area contributed by atoms with Gasteiger partial charge in [-0.3, -0.25) is 0 Å². The molecule has 0 aromatic carbocycles. The Bertz CT molecular complexity index is 104. The van der Waals surface area contributed by atoms with E-state index in [1.54, 1.807) is 5.49 Å². The summed E-state index contributed by atoms with van der Waals surface area (Å²) in [5.41, 5.74) is 1.77. The van der Waals surface area contributed by atoms with Gasteiger partial charge in [-0.25, -0.2) is 0 Å². The van der Waals surface area contributed by atoms with E-state index < -0.39 is 0 Å². The van der Waals surface area contributed by atoms with Crippen molar-refractivity contribution in [2.24, 2.45) is 5.92 Å². The van der Waals surface area contributed by atoms with Gasteiger partial charge in [-0.2, -0.15) is 0 Å². The third-order valence-electron chi connectivity index (χ3n) is 1.88. The fourth-order valence-corrected chi connectivity index (χ4v) is 1.47. The lowest BCUT2D eigenvalue weighted by Crippen LogP contribution is -2.26. The van der Waals surface area contributed by atoms with Gasteiger partial charge in [-0.1, -0.05) is 32.5 Å². The second kappa shape index (κ2) is 6.59. The fraction of sp³-hybridized carbons (Fsp3) is 0.889. The van der Waals surface area contributed by atoms with Gasteiger partial charge in [0.25, 0.3) is 0 Å². The molecule has 0 radical (unpaired) electrons. The van der Waals surface area contributed by atoms with E-state index in [1.807, 2.05) is 0 Å². The molecule has 0 N–H and O–H groups in total. The highest BCUT2D eigenvalue weighted by molar-refractivity contribution is 7.78. The van der Waals surface area contributed by atoms with Gasteiger partial charge in [0.15, 0.2) is 0 Å². The molecule has 66 valence electrons. The minimum absolute atomic E-state index is 0.777. The Morgan fingerprint density at radius 2 is 2.09 bits per heavy atom. The summed E-state index contributed by atoms with van der Waals surface area (Å²) < 4.78 is 0. The van der Waals surface area contributed by atoms with Gasteiger partial charge in [0, 0.05) is 13.1 Å². The van der Waals surface area contributed by atoms with Crippen molar-refractivity contribution in [3.05, 3.63) is 0 Å². The van der Waals surface area contributed by atoms with Crippen molar-refractivity contribution in [3.8, 4) is 0 Å². The molecule has 0 saturated carbocycles. The zero-order valence-corrected chi connectivity index (χ0v) is 8.66. The molecule has 1 atom stereocenters. The summed E-state index contributed by atoms with van der Waals surface area (Å²) in [7, 11) is 0. The molecule has 1 unspecified atom stereocenters. The second-order valence-corrected chi connectivity index (χ2v) is 3.30. The maximum Gasteiger partial charge on any atom is 0.0640 e. The number of hydrogen-bond acceptors (Lipinski definition) is 1. The highest BCUT2D eigenvalue weighted by Crippen LogP contribution is 2.06. The monoisotopic (exact) mass is 173 g/mol. The maximum atomic E-state index is 4.88. The van der Waals surface area contributed by atoms with E-state index in [0.717, 1.165) is 19.0 Å². The topological polar surface area (TPSA) is 3.24 Å². The molecule has 0 amide bonds. The third-order valence-corrected chi connectivity index (χ3v) is 2.18. The highest BCUT2D eigenvalue weighted by Gasteiger charge is 2.03. The van der Waals surface area contributed by atoms with Crippen LogP contribution in [0.2, 0.25) is 0 Å². The molecule has 0 aromatic rings. The lowest BCUT2D eigenvalue weighted by molar-refractivity contribution is 0.361. The predicted octanol–water partition coefficient (Wildman–Crippen LogP) is 2.70. The molecule has 0 fully saturated rings. The highest BCUT2D eigenvalue weighted by atomic mass is 32.1. The van der Waals surface area contributed by atoms with Gasteiger partial charge in [0.2, 0.25) is 0 Å². The van der Waals surface area contributed by atoms with Crippen molar-refractivity contribution < 1.29 is 0 Å². The second-order valence-electron chi connectivity index (χ2n) is 3.09. The van der Waals surface area contributed by atoms with Crippen LogP contribution in [0.25, 0.3) is 0 Å². The van der Waals surface area contributed by atoms with Gasteiger partial charge in [-0.05, 0) is 19.3 Å². The first-order chi connectivity index (χ1) is 5.24. The Morgan fingerprint density at radius 1 is 1.45 bits per heavy atom. The Hall–Kier alpha value is -0.110. The van der Waals surface area contributed by atoms with Crippen LogP contribution in [0.15, 0.2) is 0 Å². The first-order valence-electron chi connectivity index (χ1n) is 4.43. The van der Waals surface area contributed by atoms with E-state index >= 15 is 0 Å². The van der Waals surface area contributed by atoms with Crippen LogP contribution < -0.4 is 0 Å². The normalized spacial score (nSPS) is 12.6. The van der Waals surface area contributed by atoms with Crippen molar-refractivity contribution in [2.75, 3.05) is 13.1 Å². The van der Waals surface area contributed by atoms with Gasteiger partial charge in [0.1, 0.15) is 0 Å². The summed E-state index contributed by atoms with van der Waals surface area (Å²) in [6.07, 6.45) is 2.58. The Kier molecular flexibility index (Phi) is 6.52. The quantitative estimate of drug-likeness (QED) is 0.568. The maximum absolute atomic E-state index is 4.88. The zero-order chi connectivity index (χ0) is 8.69. The SMILES string of the molecule is CCCC(C)CN(C=S)CC. The Labute approximate surface area is 75.8 Å². The third kappa shape index (κ3) is 5.19. The standard InChI is InChI=1S/C9H19NS/c1-4-6-9(3)7-10(5-2)8-11/h8-9H,4-7H2,1-3H3. The van der Waals surface area contributed by atoms with E-state index in [9.17, 15) is 0 Å². The van der Waals surface area contributed by atoms with Crippen LogP contribution in [0, 0.1) is 5.92 Å². The first kappa shape index (κ1) is 10.9. The number of thiocarbonyl (C=S) groups is 1. The summed E-state index contributed by atoms with van der Waals surface area (Å²) in [5, 5.41) is 0. The van der Waals surface area contributed by atoms with Crippen molar-refractivity contribution in [1.29, 1.82) is 0 Å². The van der Waals surface area contributed by atoms with Crippen molar-refractivity contribution >= 4 is 17.7 Å². The molecule has 0 spiro atoms. The zero-order valence-electron chi connectivity index (χ0n) is 7.84. The molecule has 0 bridgehead atoms. The Balaban J connectivity index is 3.53. The molecule has 0 heterocycles. The van der Waals surface area contributed by atoms with Crippen LogP contribution in [-0.4, -0.2) is 23.5 Å². The van der Waals surface area contributed by atoms with E-state index in [1.165, 1.54) is 12.8 Å². The molecule has 0 aliphatic heterocycles. The van der Waals surface area contributed by atoms with Crippen molar-refractivity contribution in [3.63, 3.8) is 0 Å². The van der Waals surface area contributed by atoms with Crippen molar-refractivity contribution in [1.82, 2.24) is 4.90 Å². The average molecular weight is 173 g/mol. The number of rotatable bonds is 6. The number of nitrogens with zero attached hydrogens (tertiary/aromatic N) is 1. The number of hydrogen-bond donors (Lipinski definition) is 0. The molecule has 0 aliphatic carbocycles. The van der Waals surface area contributed by atoms with Crippen LogP contribution >= 0.6 is 12.2 Å². The van der Waals surface area contributed by atoms with Crippen LogP contribution in [0.5, 0.6) is 0 Å². The predicted molar refractivity (Wildman–Crippen MR) is 55.0 cm³/mol. The summed E-state index contributed by atoms with van der Waals surface area (Å²) in [5.74, 6) is 0.777. The van der Waals surface area contributed by atoms with Crippen molar-refractivity contribution in [2.45, 2.75) is 33.6 Å². The van der Waals surface area contributed by atoms with Crippen LogP contribution in [0.3, 0.4) is 0 Å². The molecular formula is C9H19NS.